The molecule has 2 rings (SSSR count). The third kappa shape index (κ3) is 3.58. The highest BCUT2D eigenvalue weighted by Crippen LogP contribution is 2.28. The van der Waals surface area contributed by atoms with Gasteiger partial charge in [-0.2, -0.15) is 5.10 Å². The minimum absolute atomic E-state index is 0.535. The van der Waals surface area contributed by atoms with Crippen molar-refractivity contribution >= 4 is 15.9 Å². The predicted molar refractivity (Wildman–Crippen MR) is 79.2 cm³/mol. The number of ether oxygens (including phenoxy) is 1. The molecule has 19 heavy (non-hydrogen) atoms. The molecule has 1 heterocycles. The largest absolute Gasteiger partial charge is 0.488 e. The highest BCUT2D eigenvalue weighted by atomic mass is 79.9. The van der Waals surface area contributed by atoms with E-state index in [4.69, 9.17) is 4.74 Å². The first-order valence-electron chi connectivity index (χ1n) is 6.14. The van der Waals surface area contributed by atoms with E-state index in [1.807, 2.05) is 26.5 Å². The maximum Gasteiger partial charge on any atom is 0.127 e. The Hall–Kier alpha value is -1.33. The van der Waals surface area contributed by atoms with Crippen molar-refractivity contribution in [1.82, 2.24) is 15.1 Å². The maximum atomic E-state index is 5.96. The fourth-order valence-electron chi connectivity index (χ4n) is 2.03. The van der Waals surface area contributed by atoms with Crippen molar-refractivity contribution in [2.45, 2.75) is 20.1 Å². The van der Waals surface area contributed by atoms with Crippen LogP contribution in [-0.4, -0.2) is 16.8 Å². The number of halogens is 1. The monoisotopic (exact) mass is 323 g/mol. The molecule has 2 aromatic rings. The van der Waals surface area contributed by atoms with Gasteiger partial charge in [-0.05, 0) is 31.7 Å². The number of hydrogen-bond donors (Lipinski definition) is 1. The maximum absolute atomic E-state index is 5.96. The van der Waals surface area contributed by atoms with Crippen LogP contribution in [0.25, 0.3) is 0 Å². The second-order valence-electron chi connectivity index (χ2n) is 4.55. The number of aryl methyl sites for hydroxylation is 2. The third-order valence-electron chi connectivity index (χ3n) is 2.83. The van der Waals surface area contributed by atoms with Gasteiger partial charge in [-0.1, -0.05) is 15.9 Å². The fourth-order valence-corrected chi connectivity index (χ4v) is 2.65. The SMILES string of the molecule is CNCc1cc(Br)cc(C)c1OCc1cnn(C)c1. The number of aromatic nitrogens is 2. The van der Waals surface area contributed by atoms with Gasteiger partial charge >= 0.3 is 0 Å². The molecule has 4 nitrogen and oxygen atoms in total. The minimum Gasteiger partial charge on any atom is -0.488 e. The fraction of sp³-hybridized carbons (Fsp3) is 0.357. The average molecular weight is 324 g/mol. The number of hydrogen-bond acceptors (Lipinski definition) is 3. The lowest BCUT2D eigenvalue weighted by Gasteiger charge is -2.14. The summed E-state index contributed by atoms with van der Waals surface area (Å²) in [5.74, 6) is 0.946. The first kappa shape index (κ1) is 14.1. The Balaban J connectivity index is 2.18. The van der Waals surface area contributed by atoms with E-state index >= 15 is 0 Å². The molecule has 1 aromatic carbocycles. The van der Waals surface area contributed by atoms with Crippen molar-refractivity contribution < 1.29 is 4.74 Å². The number of rotatable bonds is 5. The van der Waals surface area contributed by atoms with Gasteiger partial charge in [0.15, 0.2) is 0 Å². The first-order chi connectivity index (χ1) is 9.10. The highest BCUT2D eigenvalue weighted by molar-refractivity contribution is 9.10. The van der Waals surface area contributed by atoms with Crippen LogP contribution < -0.4 is 10.1 Å². The summed E-state index contributed by atoms with van der Waals surface area (Å²) >= 11 is 3.52. The Morgan fingerprint density at radius 1 is 1.42 bits per heavy atom. The average Bonchev–Trinajstić information content (AvgIpc) is 2.74. The van der Waals surface area contributed by atoms with Gasteiger partial charge in [0.1, 0.15) is 12.4 Å². The van der Waals surface area contributed by atoms with E-state index in [1.54, 1.807) is 4.68 Å². The molecule has 0 unspecified atom stereocenters. The summed E-state index contributed by atoms with van der Waals surface area (Å²) in [5.41, 5.74) is 3.35. The van der Waals surface area contributed by atoms with Crippen LogP contribution in [0.15, 0.2) is 29.0 Å². The zero-order valence-electron chi connectivity index (χ0n) is 11.4. The smallest absolute Gasteiger partial charge is 0.127 e. The van der Waals surface area contributed by atoms with E-state index in [0.29, 0.717) is 6.61 Å². The molecule has 0 aliphatic carbocycles. The molecular formula is C14H18BrN3O. The Labute approximate surface area is 121 Å². The number of benzene rings is 1. The van der Waals surface area contributed by atoms with Gasteiger partial charge in [-0.3, -0.25) is 4.68 Å². The van der Waals surface area contributed by atoms with Gasteiger partial charge in [0.25, 0.3) is 0 Å². The zero-order chi connectivity index (χ0) is 13.8. The molecule has 0 fully saturated rings. The van der Waals surface area contributed by atoms with Gasteiger partial charge in [0.2, 0.25) is 0 Å². The van der Waals surface area contributed by atoms with Crippen molar-refractivity contribution in [3.8, 4) is 5.75 Å². The zero-order valence-corrected chi connectivity index (χ0v) is 13.0. The van der Waals surface area contributed by atoms with Gasteiger partial charge < -0.3 is 10.1 Å². The summed E-state index contributed by atoms with van der Waals surface area (Å²) in [6.07, 6.45) is 3.79. The van der Waals surface area contributed by atoms with Crippen LogP contribution in [0, 0.1) is 6.92 Å². The van der Waals surface area contributed by atoms with Gasteiger partial charge in [-0.15, -0.1) is 0 Å². The molecule has 5 heteroatoms. The summed E-state index contributed by atoms with van der Waals surface area (Å²) in [6.45, 7) is 3.37. The molecule has 0 saturated heterocycles. The highest BCUT2D eigenvalue weighted by Gasteiger charge is 2.09. The summed E-state index contributed by atoms with van der Waals surface area (Å²) in [5, 5.41) is 7.30. The molecule has 0 radical (unpaired) electrons. The molecule has 0 aliphatic rings. The Morgan fingerprint density at radius 2 is 2.21 bits per heavy atom. The lowest BCUT2D eigenvalue weighted by molar-refractivity contribution is 0.300. The van der Waals surface area contributed by atoms with Gasteiger partial charge in [-0.25, -0.2) is 0 Å². The Bertz CT molecular complexity index is 566. The van der Waals surface area contributed by atoms with E-state index in [-0.39, 0.29) is 0 Å². The summed E-state index contributed by atoms with van der Waals surface area (Å²) in [7, 11) is 3.84. The van der Waals surface area contributed by atoms with Crippen molar-refractivity contribution in [3.05, 3.63) is 45.7 Å². The van der Waals surface area contributed by atoms with E-state index in [2.05, 4.69) is 45.4 Å². The molecule has 0 aliphatic heterocycles. The number of nitrogens with zero attached hydrogens (tertiary/aromatic N) is 2. The molecule has 1 N–H and O–H groups in total. The molecule has 1 aromatic heterocycles. The Morgan fingerprint density at radius 3 is 2.84 bits per heavy atom. The van der Waals surface area contributed by atoms with Crippen LogP contribution in [-0.2, 0) is 20.2 Å². The second kappa shape index (κ2) is 6.21. The second-order valence-corrected chi connectivity index (χ2v) is 5.47. The van der Waals surface area contributed by atoms with Crippen molar-refractivity contribution in [1.29, 1.82) is 0 Å². The van der Waals surface area contributed by atoms with Gasteiger partial charge in [0, 0.05) is 35.4 Å². The quantitative estimate of drug-likeness (QED) is 0.919. The predicted octanol–water partition coefficient (Wildman–Crippen LogP) is 2.79. The van der Waals surface area contributed by atoms with Crippen molar-refractivity contribution in [2.24, 2.45) is 7.05 Å². The molecule has 0 spiro atoms. The molecular weight excluding hydrogens is 306 g/mol. The molecule has 0 atom stereocenters. The molecule has 0 bridgehead atoms. The van der Waals surface area contributed by atoms with E-state index in [0.717, 1.165) is 33.5 Å². The molecule has 0 saturated carbocycles. The first-order valence-corrected chi connectivity index (χ1v) is 6.93. The van der Waals surface area contributed by atoms with Crippen LogP contribution in [0.5, 0.6) is 5.75 Å². The van der Waals surface area contributed by atoms with Crippen molar-refractivity contribution in [3.63, 3.8) is 0 Å². The topological polar surface area (TPSA) is 39.1 Å². The summed E-state index contributed by atoms with van der Waals surface area (Å²) in [4.78, 5) is 0. The third-order valence-corrected chi connectivity index (χ3v) is 3.28. The normalized spacial score (nSPS) is 10.7. The van der Waals surface area contributed by atoms with Crippen LogP contribution in [0.1, 0.15) is 16.7 Å². The summed E-state index contributed by atoms with van der Waals surface area (Å²) in [6, 6.07) is 4.15. The lowest BCUT2D eigenvalue weighted by Crippen LogP contribution is -2.08. The standard InChI is InChI=1S/C14H18BrN3O/c1-10-4-13(15)5-12(7-16-2)14(10)19-9-11-6-17-18(3)8-11/h4-6,8,16H,7,9H2,1-3H3. The summed E-state index contributed by atoms with van der Waals surface area (Å²) < 4.78 is 8.81. The van der Waals surface area contributed by atoms with Crippen LogP contribution >= 0.6 is 15.9 Å². The molecule has 102 valence electrons. The van der Waals surface area contributed by atoms with Crippen molar-refractivity contribution in [2.75, 3.05) is 7.05 Å². The number of nitrogens with one attached hydrogen (secondary N) is 1. The lowest BCUT2D eigenvalue weighted by atomic mass is 10.1. The Kier molecular flexibility index (Phi) is 4.61. The minimum atomic E-state index is 0.535. The van der Waals surface area contributed by atoms with E-state index < -0.39 is 0 Å². The van der Waals surface area contributed by atoms with E-state index in [9.17, 15) is 0 Å². The van der Waals surface area contributed by atoms with E-state index in [1.165, 1.54) is 0 Å². The van der Waals surface area contributed by atoms with Gasteiger partial charge in [0.05, 0.1) is 6.20 Å². The van der Waals surface area contributed by atoms with Crippen LogP contribution in [0.3, 0.4) is 0 Å². The van der Waals surface area contributed by atoms with Crippen LogP contribution in [0.4, 0.5) is 0 Å². The molecule has 0 amide bonds. The van der Waals surface area contributed by atoms with Crippen LogP contribution in [0.2, 0.25) is 0 Å².